The molecule has 0 N–H and O–H groups in total. The van der Waals surface area contributed by atoms with E-state index in [1.54, 1.807) is 0 Å². The number of aromatic nitrogens is 1. The van der Waals surface area contributed by atoms with Gasteiger partial charge in [0.25, 0.3) is 0 Å². The fourth-order valence-corrected chi connectivity index (χ4v) is 1.52. The van der Waals surface area contributed by atoms with Crippen LogP contribution in [0.1, 0.15) is 0 Å². The lowest BCUT2D eigenvalue weighted by Crippen LogP contribution is -1.84. The Hall–Kier alpha value is -1.44. The van der Waals surface area contributed by atoms with Crippen LogP contribution in [0, 0.1) is 0 Å². The van der Waals surface area contributed by atoms with Crippen LogP contribution in [0.5, 0.6) is 0 Å². The van der Waals surface area contributed by atoms with Gasteiger partial charge in [-0.15, -0.1) is 0 Å². The zero-order valence-electron chi connectivity index (χ0n) is 7.19. The first-order chi connectivity index (χ1) is 6.33. The summed E-state index contributed by atoms with van der Waals surface area (Å²) < 4.78 is 1.99. The van der Waals surface area contributed by atoms with Gasteiger partial charge in [0.15, 0.2) is 0 Å². The van der Waals surface area contributed by atoms with E-state index in [-0.39, 0.29) is 0 Å². The molecule has 0 aliphatic rings. The van der Waals surface area contributed by atoms with Gasteiger partial charge in [0.1, 0.15) is 5.82 Å². The van der Waals surface area contributed by atoms with E-state index in [0.29, 0.717) is 0 Å². The van der Waals surface area contributed by atoms with Gasteiger partial charge in [0.2, 0.25) is 0 Å². The van der Waals surface area contributed by atoms with Crippen molar-refractivity contribution in [1.29, 1.82) is 0 Å². The van der Waals surface area contributed by atoms with Crippen molar-refractivity contribution >= 4 is 34.1 Å². The maximum Gasteiger partial charge on any atom is 0.144 e. The van der Waals surface area contributed by atoms with Crippen molar-refractivity contribution in [1.82, 2.24) is 4.57 Å². The van der Waals surface area contributed by atoms with E-state index in [1.165, 1.54) is 5.39 Å². The summed E-state index contributed by atoms with van der Waals surface area (Å²) in [6.07, 6.45) is 0. The molecule has 0 unspecified atom stereocenters. The molecule has 1 heterocycles. The Morgan fingerprint density at radius 2 is 2.15 bits per heavy atom. The second-order valence-electron chi connectivity index (χ2n) is 2.82. The second-order valence-corrected chi connectivity index (χ2v) is 3.01. The number of isothiocyanates is 1. The minimum absolute atomic E-state index is 0.844. The number of aliphatic imine (C=N–C) groups is 1. The number of hydrogen-bond donors (Lipinski definition) is 0. The lowest BCUT2D eigenvalue weighted by Gasteiger charge is -1.95. The molecular formula is C10H8N2S. The van der Waals surface area contributed by atoms with Crippen molar-refractivity contribution in [2.24, 2.45) is 12.0 Å². The Morgan fingerprint density at radius 1 is 1.38 bits per heavy atom. The standard InChI is InChI=1S/C10H8N2S/c1-12-9-5-3-2-4-8(9)6-10(12)11-7-13/h2-6H,1H3. The number of fused-ring (bicyclic) bond motifs is 1. The van der Waals surface area contributed by atoms with Crippen LogP contribution in [0.25, 0.3) is 10.9 Å². The predicted molar refractivity (Wildman–Crippen MR) is 57.6 cm³/mol. The summed E-state index contributed by atoms with van der Waals surface area (Å²) in [6, 6.07) is 10.1. The van der Waals surface area contributed by atoms with Crippen LogP contribution in [0.15, 0.2) is 35.3 Å². The average Bonchev–Trinajstić information content (AvgIpc) is 2.46. The summed E-state index contributed by atoms with van der Waals surface area (Å²) in [6.45, 7) is 0. The normalized spacial score (nSPS) is 9.92. The summed E-state index contributed by atoms with van der Waals surface area (Å²) in [5, 5.41) is 3.55. The van der Waals surface area contributed by atoms with Crippen molar-refractivity contribution in [2.75, 3.05) is 0 Å². The number of para-hydroxylation sites is 1. The van der Waals surface area contributed by atoms with Gasteiger partial charge in [-0.25, -0.2) is 0 Å². The second kappa shape index (κ2) is 3.13. The molecule has 0 fully saturated rings. The van der Waals surface area contributed by atoms with E-state index in [1.807, 2.05) is 29.8 Å². The third-order valence-electron chi connectivity index (χ3n) is 2.09. The molecule has 3 heteroatoms. The fraction of sp³-hybridized carbons (Fsp3) is 0.100. The molecule has 0 spiro atoms. The van der Waals surface area contributed by atoms with Crippen molar-refractivity contribution in [2.45, 2.75) is 0 Å². The molecule has 0 radical (unpaired) electrons. The summed E-state index contributed by atoms with van der Waals surface area (Å²) in [7, 11) is 1.97. The molecule has 0 bridgehead atoms. The van der Waals surface area contributed by atoms with Crippen LogP contribution in [-0.2, 0) is 7.05 Å². The van der Waals surface area contributed by atoms with Gasteiger partial charge < -0.3 is 4.57 Å². The number of thiocarbonyl (C=S) groups is 1. The molecule has 0 saturated carbocycles. The molecule has 0 saturated heterocycles. The monoisotopic (exact) mass is 188 g/mol. The molecule has 64 valence electrons. The first kappa shape index (κ1) is 8.17. The highest BCUT2D eigenvalue weighted by Crippen LogP contribution is 2.23. The Balaban J connectivity index is 2.80. The van der Waals surface area contributed by atoms with Crippen LogP contribution in [-0.4, -0.2) is 9.73 Å². The summed E-state index contributed by atoms with van der Waals surface area (Å²) in [4.78, 5) is 3.97. The minimum atomic E-state index is 0.844. The lowest BCUT2D eigenvalue weighted by molar-refractivity contribution is 0.967. The first-order valence-corrected chi connectivity index (χ1v) is 4.36. The van der Waals surface area contributed by atoms with Gasteiger partial charge in [-0.05, 0) is 24.4 Å². The van der Waals surface area contributed by atoms with Gasteiger partial charge >= 0.3 is 0 Å². The number of rotatable bonds is 1. The SMILES string of the molecule is Cn1c(N=C=S)cc2ccccc21. The Bertz CT molecular complexity index is 493. The van der Waals surface area contributed by atoms with E-state index in [2.05, 4.69) is 34.5 Å². The molecule has 0 aliphatic carbocycles. The van der Waals surface area contributed by atoms with E-state index in [0.717, 1.165) is 11.3 Å². The Labute approximate surface area is 81.5 Å². The van der Waals surface area contributed by atoms with E-state index < -0.39 is 0 Å². The average molecular weight is 188 g/mol. The zero-order chi connectivity index (χ0) is 9.26. The van der Waals surface area contributed by atoms with Crippen molar-refractivity contribution in [3.05, 3.63) is 30.3 Å². The molecule has 1 aromatic heterocycles. The Morgan fingerprint density at radius 3 is 2.85 bits per heavy atom. The highest BCUT2D eigenvalue weighted by atomic mass is 32.1. The topological polar surface area (TPSA) is 17.3 Å². The smallest absolute Gasteiger partial charge is 0.144 e. The quantitative estimate of drug-likeness (QED) is 0.497. The fourth-order valence-electron chi connectivity index (χ4n) is 1.43. The molecule has 0 aliphatic heterocycles. The largest absolute Gasteiger partial charge is 0.328 e. The van der Waals surface area contributed by atoms with Crippen LogP contribution in [0.4, 0.5) is 5.82 Å². The van der Waals surface area contributed by atoms with E-state index in [4.69, 9.17) is 0 Å². The van der Waals surface area contributed by atoms with Crippen LogP contribution >= 0.6 is 12.2 Å². The van der Waals surface area contributed by atoms with Gasteiger partial charge in [0, 0.05) is 18.0 Å². The van der Waals surface area contributed by atoms with Gasteiger partial charge in [-0.1, -0.05) is 18.2 Å². The van der Waals surface area contributed by atoms with Crippen molar-refractivity contribution in [3.63, 3.8) is 0 Å². The van der Waals surface area contributed by atoms with Crippen LogP contribution < -0.4 is 0 Å². The highest BCUT2D eigenvalue weighted by Gasteiger charge is 2.01. The van der Waals surface area contributed by atoms with Gasteiger partial charge in [-0.2, -0.15) is 4.99 Å². The van der Waals surface area contributed by atoms with Gasteiger partial charge in [0.05, 0.1) is 5.16 Å². The number of nitrogens with zero attached hydrogens (tertiary/aromatic N) is 2. The molecule has 1 aromatic carbocycles. The minimum Gasteiger partial charge on any atom is -0.328 e. The summed E-state index contributed by atoms with van der Waals surface area (Å²) >= 11 is 4.57. The zero-order valence-corrected chi connectivity index (χ0v) is 8.01. The van der Waals surface area contributed by atoms with E-state index in [9.17, 15) is 0 Å². The third kappa shape index (κ3) is 1.28. The highest BCUT2D eigenvalue weighted by molar-refractivity contribution is 7.78. The molecule has 2 nitrogen and oxygen atoms in total. The van der Waals surface area contributed by atoms with E-state index >= 15 is 0 Å². The third-order valence-corrected chi connectivity index (χ3v) is 2.18. The molecule has 13 heavy (non-hydrogen) atoms. The molecule has 2 rings (SSSR count). The molecular weight excluding hydrogens is 180 g/mol. The molecule has 2 aromatic rings. The summed E-state index contributed by atoms with van der Waals surface area (Å²) in [5.41, 5.74) is 1.16. The maximum absolute atomic E-state index is 4.57. The number of hydrogen-bond acceptors (Lipinski definition) is 2. The van der Waals surface area contributed by atoms with Crippen molar-refractivity contribution < 1.29 is 0 Å². The summed E-state index contributed by atoms with van der Waals surface area (Å²) in [5.74, 6) is 0.844. The lowest BCUT2D eigenvalue weighted by atomic mass is 10.2. The number of benzene rings is 1. The first-order valence-electron chi connectivity index (χ1n) is 3.95. The van der Waals surface area contributed by atoms with Crippen LogP contribution in [0.2, 0.25) is 0 Å². The Kier molecular flexibility index (Phi) is 1.97. The molecule has 0 amide bonds. The number of aryl methyl sites for hydroxylation is 1. The predicted octanol–water partition coefficient (Wildman–Crippen LogP) is 2.91. The van der Waals surface area contributed by atoms with Crippen LogP contribution in [0.3, 0.4) is 0 Å². The molecule has 0 atom stereocenters. The maximum atomic E-state index is 4.57. The van der Waals surface area contributed by atoms with Gasteiger partial charge in [-0.3, -0.25) is 0 Å². The van der Waals surface area contributed by atoms with Crippen molar-refractivity contribution in [3.8, 4) is 0 Å².